The number of fused-ring (bicyclic) bond motifs is 3. The first kappa shape index (κ1) is 18.2. The van der Waals surface area contributed by atoms with Crippen molar-refractivity contribution in [3.63, 3.8) is 0 Å². The standard InChI is InChI=1S/C24H20FN3O2/c1-29-17-11-12-18(23(13-17)30-2)22-14-20(15-7-9-16(25)10-8-15)27-24-26-19-5-3-4-6-21(19)28(22)24/h3-14,22H,1-2H3,(H,26,27)/t22-/m1/s1. The molecule has 6 heteroatoms. The molecule has 0 bridgehead atoms. The maximum Gasteiger partial charge on any atom is 0.209 e. The molecule has 5 nitrogen and oxygen atoms in total. The van der Waals surface area contributed by atoms with Gasteiger partial charge in [0.1, 0.15) is 17.3 Å². The van der Waals surface area contributed by atoms with Gasteiger partial charge in [0.2, 0.25) is 5.95 Å². The zero-order chi connectivity index (χ0) is 20.7. The van der Waals surface area contributed by atoms with E-state index in [9.17, 15) is 4.39 Å². The molecule has 0 saturated heterocycles. The van der Waals surface area contributed by atoms with E-state index in [1.54, 1.807) is 26.4 Å². The Morgan fingerprint density at radius 2 is 1.77 bits per heavy atom. The smallest absolute Gasteiger partial charge is 0.209 e. The summed E-state index contributed by atoms with van der Waals surface area (Å²) in [5.41, 5.74) is 4.63. The monoisotopic (exact) mass is 401 g/mol. The first-order chi connectivity index (χ1) is 14.7. The van der Waals surface area contributed by atoms with E-state index < -0.39 is 0 Å². The molecule has 0 amide bonds. The van der Waals surface area contributed by atoms with Crippen LogP contribution in [-0.2, 0) is 0 Å². The highest BCUT2D eigenvalue weighted by molar-refractivity contribution is 5.85. The van der Waals surface area contributed by atoms with Crippen molar-refractivity contribution in [1.82, 2.24) is 9.55 Å². The van der Waals surface area contributed by atoms with Crippen LogP contribution >= 0.6 is 0 Å². The highest BCUT2D eigenvalue weighted by Crippen LogP contribution is 2.40. The molecule has 1 atom stereocenters. The molecule has 0 saturated carbocycles. The third-order valence-corrected chi connectivity index (χ3v) is 5.36. The summed E-state index contributed by atoms with van der Waals surface area (Å²) in [6, 6.07) is 20.1. The molecule has 0 unspecified atom stereocenters. The van der Waals surface area contributed by atoms with Crippen molar-refractivity contribution in [3.8, 4) is 11.5 Å². The van der Waals surface area contributed by atoms with E-state index in [1.807, 2.05) is 42.5 Å². The van der Waals surface area contributed by atoms with Gasteiger partial charge in [-0.3, -0.25) is 4.57 Å². The number of allylic oxidation sites excluding steroid dienone is 1. The van der Waals surface area contributed by atoms with Gasteiger partial charge in [0.05, 0.1) is 31.3 Å². The van der Waals surface area contributed by atoms with E-state index in [0.29, 0.717) is 0 Å². The first-order valence-corrected chi connectivity index (χ1v) is 9.61. The van der Waals surface area contributed by atoms with Crippen LogP contribution in [0.15, 0.2) is 72.8 Å². The number of methoxy groups -OCH3 is 2. The first-order valence-electron chi connectivity index (χ1n) is 9.61. The van der Waals surface area contributed by atoms with Crippen LogP contribution in [0.3, 0.4) is 0 Å². The number of para-hydroxylation sites is 2. The third kappa shape index (κ3) is 2.97. The van der Waals surface area contributed by atoms with E-state index in [1.165, 1.54) is 12.1 Å². The molecule has 2 heterocycles. The lowest BCUT2D eigenvalue weighted by Crippen LogP contribution is -2.19. The Kier molecular flexibility index (Phi) is 4.39. The fourth-order valence-corrected chi connectivity index (χ4v) is 3.90. The number of rotatable bonds is 4. The highest BCUT2D eigenvalue weighted by atomic mass is 19.1. The lowest BCUT2D eigenvalue weighted by molar-refractivity contribution is 0.389. The Labute approximate surface area is 173 Å². The molecule has 150 valence electrons. The number of imidazole rings is 1. The lowest BCUT2D eigenvalue weighted by atomic mass is 10.00. The number of ether oxygens (including phenoxy) is 2. The van der Waals surface area contributed by atoms with Crippen molar-refractivity contribution in [2.45, 2.75) is 6.04 Å². The second-order valence-electron chi connectivity index (χ2n) is 7.06. The molecule has 3 aromatic carbocycles. The quantitative estimate of drug-likeness (QED) is 0.508. The van der Waals surface area contributed by atoms with Gasteiger partial charge in [-0.15, -0.1) is 0 Å². The predicted molar refractivity (Wildman–Crippen MR) is 115 cm³/mol. The summed E-state index contributed by atoms with van der Waals surface area (Å²) in [6.07, 6.45) is 2.11. The van der Waals surface area contributed by atoms with Crippen LogP contribution in [0.5, 0.6) is 11.5 Å². The van der Waals surface area contributed by atoms with Gasteiger partial charge in [-0.2, -0.15) is 0 Å². The normalized spacial score (nSPS) is 15.3. The number of aromatic nitrogens is 2. The van der Waals surface area contributed by atoms with Crippen LogP contribution in [0.1, 0.15) is 17.2 Å². The molecular formula is C24H20FN3O2. The molecule has 1 aliphatic rings. The molecule has 1 aliphatic heterocycles. The summed E-state index contributed by atoms with van der Waals surface area (Å²) < 4.78 is 26.7. The molecule has 0 radical (unpaired) electrons. The van der Waals surface area contributed by atoms with Crippen molar-refractivity contribution < 1.29 is 13.9 Å². The van der Waals surface area contributed by atoms with Gasteiger partial charge in [-0.05, 0) is 60.2 Å². The van der Waals surface area contributed by atoms with Gasteiger partial charge in [0.25, 0.3) is 0 Å². The van der Waals surface area contributed by atoms with Gasteiger partial charge in [0, 0.05) is 17.3 Å². The Morgan fingerprint density at radius 3 is 2.53 bits per heavy atom. The summed E-state index contributed by atoms with van der Waals surface area (Å²) in [5.74, 6) is 1.90. The molecule has 30 heavy (non-hydrogen) atoms. The Bertz CT molecular complexity index is 1260. The van der Waals surface area contributed by atoms with Crippen LogP contribution in [0, 0.1) is 5.82 Å². The number of hydrogen-bond donors (Lipinski definition) is 1. The van der Waals surface area contributed by atoms with Gasteiger partial charge >= 0.3 is 0 Å². The van der Waals surface area contributed by atoms with Gasteiger partial charge in [0.15, 0.2) is 0 Å². The highest BCUT2D eigenvalue weighted by Gasteiger charge is 2.27. The zero-order valence-electron chi connectivity index (χ0n) is 16.6. The Hall–Kier alpha value is -3.80. The Balaban J connectivity index is 1.73. The number of benzene rings is 3. The molecule has 5 rings (SSSR count). The lowest BCUT2D eigenvalue weighted by Gasteiger charge is -2.27. The average molecular weight is 401 g/mol. The van der Waals surface area contributed by atoms with Crippen molar-refractivity contribution in [3.05, 3.63) is 89.8 Å². The fourth-order valence-electron chi connectivity index (χ4n) is 3.90. The van der Waals surface area contributed by atoms with Crippen LogP contribution in [-0.4, -0.2) is 23.8 Å². The van der Waals surface area contributed by atoms with E-state index in [4.69, 9.17) is 14.5 Å². The summed E-state index contributed by atoms with van der Waals surface area (Å²) in [4.78, 5) is 4.78. The fraction of sp³-hybridized carbons (Fsp3) is 0.125. The van der Waals surface area contributed by atoms with Crippen LogP contribution in [0.4, 0.5) is 10.3 Å². The minimum Gasteiger partial charge on any atom is -0.497 e. The average Bonchev–Trinajstić information content (AvgIpc) is 3.17. The Morgan fingerprint density at radius 1 is 0.967 bits per heavy atom. The van der Waals surface area contributed by atoms with Crippen molar-refractivity contribution in [2.75, 3.05) is 19.5 Å². The van der Waals surface area contributed by atoms with E-state index >= 15 is 0 Å². The number of anilines is 1. The third-order valence-electron chi connectivity index (χ3n) is 5.36. The second kappa shape index (κ2) is 7.22. The molecule has 1 aromatic heterocycles. The molecule has 4 aromatic rings. The van der Waals surface area contributed by atoms with Gasteiger partial charge < -0.3 is 14.8 Å². The van der Waals surface area contributed by atoms with Crippen molar-refractivity contribution >= 4 is 22.7 Å². The molecule has 0 spiro atoms. The topological polar surface area (TPSA) is 48.3 Å². The zero-order valence-corrected chi connectivity index (χ0v) is 16.6. The van der Waals surface area contributed by atoms with Gasteiger partial charge in [-0.25, -0.2) is 9.37 Å². The maximum absolute atomic E-state index is 13.5. The molecule has 0 aliphatic carbocycles. The number of hydrogen-bond acceptors (Lipinski definition) is 4. The predicted octanol–water partition coefficient (Wildman–Crippen LogP) is 5.25. The van der Waals surface area contributed by atoms with E-state index in [0.717, 1.165) is 45.3 Å². The largest absolute Gasteiger partial charge is 0.497 e. The summed E-state index contributed by atoms with van der Waals surface area (Å²) >= 11 is 0. The summed E-state index contributed by atoms with van der Waals surface area (Å²) in [6.45, 7) is 0. The summed E-state index contributed by atoms with van der Waals surface area (Å²) in [5, 5.41) is 3.41. The molecular weight excluding hydrogens is 381 g/mol. The van der Waals surface area contributed by atoms with E-state index in [2.05, 4.69) is 16.0 Å². The maximum atomic E-state index is 13.5. The SMILES string of the molecule is COc1ccc([C@H]2C=C(c3ccc(F)cc3)Nc3nc4ccccc4n32)c(OC)c1. The van der Waals surface area contributed by atoms with Gasteiger partial charge in [-0.1, -0.05) is 12.1 Å². The number of halogens is 1. The van der Waals surface area contributed by atoms with E-state index in [-0.39, 0.29) is 11.9 Å². The van der Waals surface area contributed by atoms with Crippen LogP contribution in [0.2, 0.25) is 0 Å². The minimum atomic E-state index is -0.268. The molecule has 0 fully saturated rings. The second-order valence-corrected chi connectivity index (χ2v) is 7.06. The van der Waals surface area contributed by atoms with Crippen molar-refractivity contribution in [1.29, 1.82) is 0 Å². The summed E-state index contributed by atoms with van der Waals surface area (Å²) in [7, 11) is 3.28. The van der Waals surface area contributed by atoms with Crippen LogP contribution < -0.4 is 14.8 Å². The number of nitrogens with zero attached hydrogens (tertiary/aromatic N) is 2. The minimum absolute atomic E-state index is 0.172. The van der Waals surface area contributed by atoms with Crippen molar-refractivity contribution in [2.24, 2.45) is 0 Å². The molecule has 1 N–H and O–H groups in total. The van der Waals surface area contributed by atoms with Crippen LogP contribution in [0.25, 0.3) is 16.7 Å². The number of nitrogens with one attached hydrogen (secondary N) is 1.